The molecule has 4 N–H and O–H groups in total. The molecule has 0 aromatic heterocycles. The number of nitrogens with two attached hydrogens (primary N) is 1. The second kappa shape index (κ2) is 9.52. The van der Waals surface area contributed by atoms with Crippen LogP contribution in [0.1, 0.15) is 12.0 Å². The number of rotatable bonds is 9. The first kappa shape index (κ1) is 16.7. The van der Waals surface area contributed by atoms with Crippen LogP contribution in [0.2, 0.25) is 0 Å². The second-order valence-electron chi connectivity index (χ2n) is 4.36. The van der Waals surface area contributed by atoms with Crippen LogP contribution in [0.15, 0.2) is 67.0 Å². The Hall–Kier alpha value is -2.37. The van der Waals surface area contributed by atoms with Crippen LogP contribution in [-0.4, -0.2) is 17.2 Å². The quantitative estimate of drug-likeness (QED) is 0.369. The number of benzene rings is 1. The predicted molar refractivity (Wildman–Crippen MR) is 81.2 cm³/mol. The minimum absolute atomic E-state index is 0.248. The van der Waals surface area contributed by atoms with E-state index in [9.17, 15) is 4.79 Å². The van der Waals surface area contributed by atoms with Crippen molar-refractivity contribution in [2.24, 2.45) is 5.73 Å². The topological polar surface area (TPSA) is 84.6 Å². The van der Waals surface area contributed by atoms with Gasteiger partial charge in [0.1, 0.15) is 12.6 Å². The van der Waals surface area contributed by atoms with E-state index in [4.69, 9.17) is 15.7 Å². The first-order chi connectivity index (χ1) is 10.2. The third kappa shape index (κ3) is 6.56. The lowest BCUT2D eigenvalue weighted by Crippen LogP contribution is -2.39. The highest BCUT2D eigenvalue weighted by Gasteiger charge is 2.14. The van der Waals surface area contributed by atoms with Gasteiger partial charge in [0, 0.05) is 0 Å². The molecule has 0 saturated heterocycles. The zero-order chi connectivity index (χ0) is 15.5. The third-order valence-electron chi connectivity index (χ3n) is 2.78. The molecule has 112 valence electrons. The van der Waals surface area contributed by atoms with Gasteiger partial charge in [-0.1, -0.05) is 49.1 Å². The highest BCUT2D eigenvalue weighted by atomic mass is 16.5. The average Bonchev–Trinajstić information content (AvgIpc) is 2.50. The second-order valence-corrected chi connectivity index (χ2v) is 4.36. The van der Waals surface area contributed by atoms with Crippen LogP contribution in [0.3, 0.4) is 0 Å². The molecular weight excluding hydrogens is 268 g/mol. The Morgan fingerprint density at radius 2 is 2.14 bits per heavy atom. The van der Waals surface area contributed by atoms with Gasteiger partial charge in [-0.25, -0.2) is 0 Å². The van der Waals surface area contributed by atoms with Crippen molar-refractivity contribution in [2.75, 3.05) is 0 Å². The Morgan fingerprint density at radius 1 is 1.43 bits per heavy atom. The molecule has 5 nitrogen and oxygen atoms in total. The molecule has 21 heavy (non-hydrogen) atoms. The number of primary amides is 1. The van der Waals surface area contributed by atoms with E-state index in [0.717, 1.165) is 11.1 Å². The summed E-state index contributed by atoms with van der Waals surface area (Å²) in [6, 6.07) is 8.95. The molecule has 1 atom stereocenters. The van der Waals surface area contributed by atoms with E-state index >= 15 is 0 Å². The molecule has 0 aliphatic heterocycles. The van der Waals surface area contributed by atoms with Crippen LogP contribution in [0.5, 0.6) is 0 Å². The maximum atomic E-state index is 11.0. The fraction of sp³-hybridized carbons (Fsp3) is 0.188. The highest BCUT2D eigenvalue weighted by molar-refractivity contribution is 5.80. The van der Waals surface area contributed by atoms with E-state index in [1.807, 2.05) is 35.8 Å². The van der Waals surface area contributed by atoms with E-state index in [2.05, 4.69) is 6.58 Å². The molecule has 1 rings (SSSR count). The van der Waals surface area contributed by atoms with Crippen molar-refractivity contribution in [3.05, 3.63) is 72.5 Å². The van der Waals surface area contributed by atoms with E-state index in [0.29, 0.717) is 6.61 Å². The molecule has 1 aromatic carbocycles. The number of ether oxygens (including phenoxy) is 1. The molecular formula is C16H20N2O3. The summed E-state index contributed by atoms with van der Waals surface area (Å²) in [6.45, 7) is 4.13. The van der Waals surface area contributed by atoms with Crippen LogP contribution in [0.4, 0.5) is 0 Å². The molecule has 0 aliphatic rings. The van der Waals surface area contributed by atoms with Crippen molar-refractivity contribution in [2.45, 2.75) is 19.1 Å². The lowest BCUT2D eigenvalue weighted by atomic mass is 10.1. The zero-order valence-electron chi connectivity index (χ0n) is 11.7. The van der Waals surface area contributed by atoms with Crippen molar-refractivity contribution >= 4 is 5.91 Å². The van der Waals surface area contributed by atoms with Gasteiger partial charge in [-0.3, -0.25) is 4.79 Å². The Kier molecular flexibility index (Phi) is 7.56. The summed E-state index contributed by atoms with van der Waals surface area (Å²) < 4.78 is 5.38. The number of carbonyl (C=O) groups is 1. The summed E-state index contributed by atoms with van der Waals surface area (Å²) in [5.74, 6) is -0.630. The zero-order valence-corrected chi connectivity index (χ0v) is 11.7. The number of allylic oxidation sites excluding steroid dienone is 3. The highest BCUT2D eigenvalue weighted by Crippen LogP contribution is 2.07. The number of nitrogens with one attached hydrogen (secondary N) is 1. The molecule has 0 heterocycles. The van der Waals surface area contributed by atoms with Crippen molar-refractivity contribution in [1.29, 1.82) is 0 Å². The predicted octanol–water partition coefficient (Wildman–Crippen LogP) is 2.05. The summed E-state index contributed by atoms with van der Waals surface area (Å²) in [5, 5.41) is 8.82. The van der Waals surface area contributed by atoms with Gasteiger partial charge in [-0.05, 0) is 23.6 Å². The normalized spacial score (nSPS) is 13.1. The molecule has 1 unspecified atom stereocenters. The molecule has 0 spiro atoms. The van der Waals surface area contributed by atoms with Crippen LogP contribution >= 0.6 is 0 Å². The van der Waals surface area contributed by atoms with Gasteiger partial charge in [-0.2, -0.15) is 5.48 Å². The summed E-state index contributed by atoms with van der Waals surface area (Å²) in [5.41, 5.74) is 8.82. The fourth-order valence-electron chi connectivity index (χ4n) is 1.60. The van der Waals surface area contributed by atoms with Crippen molar-refractivity contribution in [3.8, 4) is 0 Å². The van der Waals surface area contributed by atoms with Gasteiger partial charge in [0.05, 0.1) is 6.26 Å². The van der Waals surface area contributed by atoms with E-state index in [-0.39, 0.29) is 6.42 Å². The summed E-state index contributed by atoms with van der Waals surface area (Å²) in [6.07, 6.45) is 6.84. The summed E-state index contributed by atoms with van der Waals surface area (Å²) >= 11 is 0. The Bertz CT molecular complexity index is 510. The molecule has 0 fully saturated rings. The molecule has 1 aromatic rings. The minimum atomic E-state index is -0.840. The molecule has 0 saturated carbocycles. The Labute approximate surface area is 124 Å². The Morgan fingerprint density at radius 3 is 2.71 bits per heavy atom. The van der Waals surface area contributed by atoms with Crippen molar-refractivity contribution in [1.82, 2.24) is 5.48 Å². The number of hydrogen-bond donors (Lipinski definition) is 3. The number of hydrogen-bond acceptors (Lipinski definition) is 4. The third-order valence-corrected chi connectivity index (χ3v) is 2.78. The summed E-state index contributed by atoms with van der Waals surface area (Å²) in [7, 11) is 0. The average molecular weight is 288 g/mol. The van der Waals surface area contributed by atoms with Gasteiger partial charge < -0.3 is 15.7 Å². The first-order valence-corrected chi connectivity index (χ1v) is 6.50. The molecule has 1 amide bonds. The fourth-order valence-corrected chi connectivity index (χ4v) is 1.60. The standard InChI is InChI=1S/C16H20N2O3/c1-2-13(11-15(18-20)16(17)19)9-6-10-21-12-14-7-4-3-5-8-14/h2-10,15,18,20H,1,11-12H2,(H2,17,19)/b10-6-,13-9+. The van der Waals surface area contributed by atoms with Crippen molar-refractivity contribution < 1.29 is 14.7 Å². The smallest absolute Gasteiger partial charge is 0.237 e. The van der Waals surface area contributed by atoms with Crippen LogP contribution in [0, 0.1) is 0 Å². The number of hydroxylamine groups is 1. The lowest BCUT2D eigenvalue weighted by Gasteiger charge is -2.10. The SMILES string of the molecule is C=C/C(=C\C=C/OCc1ccccc1)CC(NO)C(N)=O. The van der Waals surface area contributed by atoms with Crippen LogP contribution in [-0.2, 0) is 16.1 Å². The molecule has 0 aliphatic carbocycles. The first-order valence-electron chi connectivity index (χ1n) is 6.50. The van der Waals surface area contributed by atoms with E-state index in [1.54, 1.807) is 24.5 Å². The van der Waals surface area contributed by atoms with Crippen LogP contribution < -0.4 is 11.2 Å². The summed E-state index contributed by atoms with van der Waals surface area (Å²) in [4.78, 5) is 11.0. The molecule has 0 radical (unpaired) electrons. The minimum Gasteiger partial charge on any atom is -0.497 e. The van der Waals surface area contributed by atoms with Gasteiger partial charge >= 0.3 is 0 Å². The maximum Gasteiger partial charge on any atom is 0.237 e. The van der Waals surface area contributed by atoms with Crippen LogP contribution in [0.25, 0.3) is 0 Å². The molecule has 5 heteroatoms. The van der Waals surface area contributed by atoms with Gasteiger partial charge in [0.15, 0.2) is 0 Å². The van der Waals surface area contributed by atoms with Gasteiger partial charge in [0.25, 0.3) is 0 Å². The largest absolute Gasteiger partial charge is 0.497 e. The lowest BCUT2D eigenvalue weighted by molar-refractivity contribution is -0.122. The monoisotopic (exact) mass is 288 g/mol. The van der Waals surface area contributed by atoms with E-state index < -0.39 is 11.9 Å². The van der Waals surface area contributed by atoms with E-state index in [1.165, 1.54) is 0 Å². The maximum absolute atomic E-state index is 11.0. The van der Waals surface area contributed by atoms with Gasteiger partial charge in [-0.15, -0.1) is 0 Å². The van der Waals surface area contributed by atoms with Crippen molar-refractivity contribution in [3.63, 3.8) is 0 Å². The number of carbonyl (C=O) groups excluding carboxylic acids is 1. The number of amides is 1. The van der Waals surface area contributed by atoms with Gasteiger partial charge in [0.2, 0.25) is 5.91 Å². The Balaban J connectivity index is 2.46. The molecule has 0 bridgehead atoms.